The number of nitrogens with zero attached hydrogens (tertiary/aromatic N) is 2. The fourth-order valence-electron chi connectivity index (χ4n) is 8.01. The average molecular weight is 665 g/mol. The number of halogens is 1. The lowest BCUT2D eigenvalue weighted by Crippen LogP contribution is -2.51. The number of esters is 1. The number of fused-ring (bicyclic) bond motifs is 3. The van der Waals surface area contributed by atoms with Gasteiger partial charge in [-0.15, -0.1) is 13.2 Å². The number of aliphatic hydroxyl groups is 2. The number of ether oxygens (including phenoxy) is 2. The zero-order chi connectivity index (χ0) is 33.9. The number of anilines is 1. The maximum absolute atomic E-state index is 13.7. The number of hydrogen-bond donors (Lipinski definition) is 2. The van der Waals surface area contributed by atoms with E-state index in [0.29, 0.717) is 43.4 Å². The van der Waals surface area contributed by atoms with Crippen LogP contribution in [0.4, 0.5) is 5.69 Å². The van der Waals surface area contributed by atoms with E-state index in [1.807, 2.05) is 6.07 Å². The number of aryl methyl sites for hydroxylation is 1. The summed E-state index contributed by atoms with van der Waals surface area (Å²) in [5.41, 5.74) is 0.920. The summed E-state index contributed by atoms with van der Waals surface area (Å²) in [5.74, 6) is -1.37. The normalized spacial score (nSPS) is 24.3. The molecule has 2 aromatic carbocycles. The number of methoxy groups -OCH3 is 1. The summed E-state index contributed by atoms with van der Waals surface area (Å²) < 4.78 is 11.8. The molecule has 0 radical (unpaired) electrons. The van der Waals surface area contributed by atoms with Crippen molar-refractivity contribution in [3.05, 3.63) is 83.4 Å². The fraction of sp³-hybridized carbons (Fsp3) is 0.526. The third-order valence-corrected chi connectivity index (χ3v) is 11.1. The summed E-state index contributed by atoms with van der Waals surface area (Å²) in [5, 5.41) is 23.8. The van der Waals surface area contributed by atoms with Crippen LogP contribution < -0.4 is 9.64 Å². The van der Waals surface area contributed by atoms with E-state index in [-0.39, 0.29) is 35.1 Å². The van der Waals surface area contributed by atoms with Crippen molar-refractivity contribution in [3.63, 3.8) is 0 Å². The van der Waals surface area contributed by atoms with Crippen LogP contribution in [0.15, 0.2) is 61.7 Å². The molecule has 1 aliphatic heterocycles. The van der Waals surface area contributed by atoms with Crippen molar-refractivity contribution in [3.8, 4) is 5.75 Å². The number of hydrogen-bond acceptors (Lipinski definition) is 7. The predicted molar refractivity (Wildman–Crippen MR) is 185 cm³/mol. The first kappa shape index (κ1) is 35.0. The summed E-state index contributed by atoms with van der Waals surface area (Å²) in [7, 11) is 2.89. The third-order valence-electron chi connectivity index (χ3n) is 10.8. The number of carbonyl (C=O) groups excluding carboxylic acids is 2. The van der Waals surface area contributed by atoms with Crippen LogP contribution in [0.1, 0.15) is 62.1 Å². The topological polar surface area (TPSA) is 99.5 Å². The summed E-state index contributed by atoms with van der Waals surface area (Å²) in [4.78, 5) is 31.1. The van der Waals surface area contributed by atoms with Gasteiger partial charge in [-0.2, -0.15) is 0 Å². The highest BCUT2D eigenvalue weighted by molar-refractivity contribution is 6.30. The van der Waals surface area contributed by atoms with Gasteiger partial charge in [-0.3, -0.25) is 4.79 Å². The van der Waals surface area contributed by atoms with Gasteiger partial charge in [-0.05, 0) is 97.7 Å². The van der Waals surface area contributed by atoms with Crippen molar-refractivity contribution in [2.24, 2.45) is 17.8 Å². The Kier molecular flexibility index (Phi) is 10.7. The van der Waals surface area contributed by atoms with Gasteiger partial charge in [0, 0.05) is 37.1 Å². The quantitative estimate of drug-likeness (QED) is 0.218. The molecule has 3 aliphatic rings. The van der Waals surface area contributed by atoms with Gasteiger partial charge in [0.05, 0.1) is 31.4 Å². The third kappa shape index (κ3) is 6.57. The smallest absolute Gasteiger partial charge is 0.343 e. The van der Waals surface area contributed by atoms with Gasteiger partial charge in [-0.25, -0.2) is 4.79 Å². The highest BCUT2D eigenvalue weighted by Gasteiger charge is 2.51. The number of aliphatic hydroxyl groups excluding tert-OH is 1. The molecule has 0 aromatic heterocycles. The van der Waals surface area contributed by atoms with Crippen molar-refractivity contribution in [2.75, 3.05) is 45.3 Å². The zero-order valence-corrected chi connectivity index (χ0v) is 28.7. The summed E-state index contributed by atoms with van der Waals surface area (Å²) in [6.45, 7) is 11.5. The minimum absolute atomic E-state index is 0.0944. The molecule has 254 valence electrons. The molecule has 5 rings (SSSR count). The first-order valence-electron chi connectivity index (χ1n) is 16.8. The van der Waals surface area contributed by atoms with E-state index >= 15 is 0 Å². The van der Waals surface area contributed by atoms with Crippen LogP contribution in [0.25, 0.3) is 0 Å². The lowest BCUT2D eigenvalue weighted by molar-refractivity contribution is -0.176. The molecule has 1 heterocycles. The molecule has 1 spiro atoms. The monoisotopic (exact) mass is 664 g/mol. The average Bonchev–Trinajstić information content (AvgIpc) is 3.21. The Morgan fingerprint density at radius 3 is 2.70 bits per heavy atom. The second-order valence-electron chi connectivity index (χ2n) is 13.6. The van der Waals surface area contributed by atoms with Gasteiger partial charge in [0.25, 0.3) is 0 Å². The van der Waals surface area contributed by atoms with Gasteiger partial charge in [0.1, 0.15) is 5.75 Å². The van der Waals surface area contributed by atoms with E-state index in [0.717, 1.165) is 37.8 Å². The Bertz CT molecular complexity index is 1500. The van der Waals surface area contributed by atoms with Gasteiger partial charge < -0.3 is 29.5 Å². The van der Waals surface area contributed by atoms with Crippen LogP contribution in [-0.2, 0) is 31.8 Å². The molecular formula is C38H49ClN2O6. The van der Waals surface area contributed by atoms with E-state index < -0.39 is 23.6 Å². The molecule has 0 bridgehead atoms. The van der Waals surface area contributed by atoms with Gasteiger partial charge in [-0.1, -0.05) is 42.8 Å². The van der Waals surface area contributed by atoms with E-state index in [4.69, 9.17) is 21.1 Å². The maximum atomic E-state index is 13.7. The molecule has 1 saturated carbocycles. The SMILES string of the molecule is C=CCCN(C)C(=O)[C@@H](CC)[C@@](O)(C(=O)OC)c1ccc2c(c1)N(C[C@@H]1CC[C@H]1[C@@H](O)C=C)C[C@@]1(CCCc3cc(Cl)ccc31)CO2. The number of carbonyl (C=O) groups is 2. The Balaban J connectivity index is 1.60. The second-order valence-corrected chi connectivity index (χ2v) is 14.0. The minimum atomic E-state index is -2.24. The van der Waals surface area contributed by atoms with Gasteiger partial charge in [0.15, 0.2) is 5.60 Å². The first-order valence-corrected chi connectivity index (χ1v) is 17.2. The van der Waals surface area contributed by atoms with Crippen molar-refractivity contribution in [1.82, 2.24) is 4.90 Å². The van der Waals surface area contributed by atoms with Crippen LogP contribution in [0.3, 0.4) is 0 Å². The molecule has 1 fully saturated rings. The van der Waals surface area contributed by atoms with Crippen molar-refractivity contribution < 1.29 is 29.3 Å². The highest BCUT2D eigenvalue weighted by Crippen LogP contribution is 2.48. The second kappa shape index (κ2) is 14.4. The van der Waals surface area contributed by atoms with Gasteiger partial charge in [0.2, 0.25) is 5.91 Å². The minimum Gasteiger partial charge on any atom is -0.490 e. The maximum Gasteiger partial charge on any atom is 0.343 e. The molecule has 8 nitrogen and oxygen atoms in total. The van der Waals surface area contributed by atoms with Crippen LogP contribution >= 0.6 is 11.6 Å². The largest absolute Gasteiger partial charge is 0.490 e. The van der Waals surface area contributed by atoms with E-state index in [2.05, 4.69) is 30.2 Å². The first-order chi connectivity index (χ1) is 22.5. The molecule has 6 atom stereocenters. The summed E-state index contributed by atoms with van der Waals surface area (Å²) >= 11 is 6.43. The van der Waals surface area contributed by atoms with E-state index in [9.17, 15) is 19.8 Å². The van der Waals surface area contributed by atoms with Crippen LogP contribution in [-0.4, -0.2) is 73.5 Å². The summed E-state index contributed by atoms with van der Waals surface area (Å²) in [6.07, 6.45) is 8.31. The lowest BCUT2D eigenvalue weighted by Gasteiger charge is -2.45. The molecule has 0 unspecified atom stereocenters. The van der Waals surface area contributed by atoms with Crippen molar-refractivity contribution in [1.29, 1.82) is 0 Å². The molecule has 1 amide bonds. The van der Waals surface area contributed by atoms with Crippen LogP contribution in [0, 0.1) is 17.8 Å². The van der Waals surface area contributed by atoms with Crippen molar-refractivity contribution >= 4 is 29.2 Å². The summed E-state index contributed by atoms with van der Waals surface area (Å²) in [6, 6.07) is 11.4. The zero-order valence-electron chi connectivity index (χ0n) is 27.9. The van der Waals surface area contributed by atoms with Crippen LogP contribution in [0.5, 0.6) is 5.75 Å². The number of benzene rings is 2. The Hall–Kier alpha value is -3.33. The Morgan fingerprint density at radius 1 is 1.26 bits per heavy atom. The number of amides is 1. The van der Waals surface area contributed by atoms with Crippen LogP contribution in [0.2, 0.25) is 5.02 Å². The predicted octanol–water partition coefficient (Wildman–Crippen LogP) is 5.81. The molecule has 47 heavy (non-hydrogen) atoms. The molecule has 2 N–H and O–H groups in total. The fourth-order valence-corrected chi connectivity index (χ4v) is 8.20. The molecule has 0 saturated heterocycles. The molecule has 2 aliphatic carbocycles. The van der Waals surface area contributed by atoms with E-state index in [1.165, 1.54) is 23.1 Å². The standard InChI is InChI=1S/C38H49ClN2O6/c1-6-9-19-40(4)35(43)30(7-2)38(45,36(44)46-5)27-13-17-34-32(21-27)41(22-26-12-15-29(26)33(42)8-3)23-37(24-47-34)18-10-11-25-20-28(39)14-16-31(25)37/h6,8,13-14,16-17,20-21,26,29-30,33,42,45H,1,3,7,9-12,15,18-19,22-24H2,2,4-5H3/t26-,29+,30+,33-,37-,38+/m0/s1. The van der Waals surface area contributed by atoms with Crippen molar-refractivity contribution in [2.45, 2.75) is 69.0 Å². The van der Waals surface area contributed by atoms with Gasteiger partial charge >= 0.3 is 5.97 Å². The molecule has 9 heteroatoms. The Morgan fingerprint density at radius 2 is 2.04 bits per heavy atom. The van der Waals surface area contributed by atoms with E-state index in [1.54, 1.807) is 44.3 Å². The lowest BCUT2D eigenvalue weighted by atomic mass is 9.68. The Labute approximate surface area is 284 Å². The number of rotatable bonds is 12. The molecular weight excluding hydrogens is 616 g/mol. The highest BCUT2D eigenvalue weighted by atomic mass is 35.5. The molecule has 2 aromatic rings.